The number of nitrogens with one attached hydrogen (secondary N) is 1. The Balaban J connectivity index is 1.69. The highest BCUT2D eigenvalue weighted by molar-refractivity contribution is 6.29. The van der Waals surface area contributed by atoms with E-state index in [0.29, 0.717) is 29.6 Å². The number of hydrogen-bond donors (Lipinski definition) is 1. The highest BCUT2D eigenvalue weighted by atomic mass is 35.5. The summed E-state index contributed by atoms with van der Waals surface area (Å²) in [6, 6.07) is 8.17. The van der Waals surface area contributed by atoms with Gasteiger partial charge in [0.25, 0.3) is 11.2 Å². The van der Waals surface area contributed by atoms with E-state index in [9.17, 15) is 14.9 Å². The van der Waals surface area contributed by atoms with Gasteiger partial charge in [0.2, 0.25) is 5.88 Å². The van der Waals surface area contributed by atoms with Gasteiger partial charge in [0.1, 0.15) is 5.15 Å². The number of nitro groups is 1. The standard InChI is InChI=1S/C23H24ClN5O4/c1-13-9-18(14(2)25-22(13)33-3)26-21-23(30)28(12-20(24)27-21)19(16-7-8-16)11-15-5-4-6-17(10-15)29(31)32/h4-6,9-10,12,16,19H,7-8,11H2,1-3H3,(H,26,27)/t19-/m0/s1. The third kappa shape index (κ3) is 4.98. The molecule has 0 saturated heterocycles. The number of nitro benzene ring substituents is 1. The Kier molecular flexibility index (Phi) is 6.33. The highest BCUT2D eigenvalue weighted by Crippen LogP contribution is 2.41. The summed E-state index contributed by atoms with van der Waals surface area (Å²) in [6.45, 7) is 3.67. The minimum Gasteiger partial charge on any atom is -0.481 e. The van der Waals surface area contributed by atoms with Crippen molar-refractivity contribution in [3.05, 3.63) is 79.0 Å². The number of nitrogens with zero attached hydrogens (tertiary/aromatic N) is 4. The Morgan fingerprint density at radius 3 is 2.73 bits per heavy atom. The molecule has 0 radical (unpaired) electrons. The van der Waals surface area contributed by atoms with E-state index in [2.05, 4.69) is 15.3 Å². The number of hydrogen-bond acceptors (Lipinski definition) is 7. The van der Waals surface area contributed by atoms with Crippen molar-refractivity contribution in [3.63, 3.8) is 0 Å². The molecular weight excluding hydrogens is 446 g/mol. The van der Waals surface area contributed by atoms with Crippen LogP contribution in [0, 0.1) is 29.9 Å². The molecule has 1 aromatic carbocycles. The van der Waals surface area contributed by atoms with Gasteiger partial charge in [-0.1, -0.05) is 23.7 Å². The summed E-state index contributed by atoms with van der Waals surface area (Å²) >= 11 is 6.31. The molecule has 1 atom stereocenters. The second-order valence-corrected chi connectivity index (χ2v) is 8.62. The number of ether oxygens (including phenoxy) is 1. The molecule has 0 amide bonds. The number of benzene rings is 1. The summed E-state index contributed by atoms with van der Waals surface area (Å²) in [5.41, 5.74) is 2.61. The van der Waals surface area contributed by atoms with Gasteiger partial charge in [-0.2, -0.15) is 0 Å². The lowest BCUT2D eigenvalue weighted by atomic mass is 10.0. The van der Waals surface area contributed by atoms with E-state index in [-0.39, 0.29) is 28.3 Å². The first-order valence-electron chi connectivity index (χ1n) is 10.6. The zero-order chi connectivity index (χ0) is 23.7. The van der Waals surface area contributed by atoms with E-state index in [0.717, 1.165) is 24.0 Å². The average molecular weight is 470 g/mol. The van der Waals surface area contributed by atoms with E-state index >= 15 is 0 Å². The van der Waals surface area contributed by atoms with Gasteiger partial charge in [0.05, 0.1) is 23.4 Å². The van der Waals surface area contributed by atoms with E-state index < -0.39 is 4.92 Å². The van der Waals surface area contributed by atoms with Crippen LogP contribution in [0.2, 0.25) is 5.15 Å². The predicted molar refractivity (Wildman–Crippen MR) is 126 cm³/mol. The summed E-state index contributed by atoms with van der Waals surface area (Å²) in [4.78, 5) is 32.8. The van der Waals surface area contributed by atoms with Crippen LogP contribution in [0.25, 0.3) is 0 Å². The molecular formula is C23H24ClN5O4. The van der Waals surface area contributed by atoms with E-state index in [1.165, 1.54) is 6.07 Å². The molecule has 0 aliphatic heterocycles. The van der Waals surface area contributed by atoms with Crippen LogP contribution in [0.3, 0.4) is 0 Å². The van der Waals surface area contributed by atoms with Gasteiger partial charge in [0, 0.05) is 29.9 Å². The molecule has 0 spiro atoms. The van der Waals surface area contributed by atoms with Gasteiger partial charge in [-0.15, -0.1) is 0 Å². The number of aromatic nitrogens is 3. The number of rotatable bonds is 8. The van der Waals surface area contributed by atoms with Crippen LogP contribution < -0.4 is 15.6 Å². The van der Waals surface area contributed by atoms with Crippen LogP contribution in [-0.2, 0) is 6.42 Å². The van der Waals surface area contributed by atoms with Crippen molar-refractivity contribution in [2.24, 2.45) is 5.92 Å². The summed E-state index contributed by atoms with van der Waals surface area (Å²) in [5.74, 6) is 0.904. The molecule has 1 aliphatic carbocycles. The maximum absolute atomic E-state index is 13.4. The molecule has 1 N–H and O–H groups in total. The normalized spacial score (nSPS) is 14.1. The van der Waals surface area contributed by atoms with Crippen molar-refractivity contribution in [2.45, 2.75) is 39.2 Å². The van der Waals surface area contributed by atoms with Gasteiger partial charge >= 0.3 is 0 Å². The maximum Gasteiger partial charge on any atom is 0.294 e. The molecule has 2 heterocycles. The second kappa shape index (κ2) is 9.19. The number of aryl methyl sites for hydroxylation is 2. The molecule has 1 saturated carbocycles. The van der Waals surface area contributed by atoms with Crippen LogP contribution >= 0.6 is 11.6 Å². The Morgan fingerprint density at radius 1 is 1.30 bits per heavy atom. The summed E-state index contributed by atoms with van der Waals surface area (Å²) in [7, 11) is 1.55. The first-order valence-corrected chi connectivity index (χ1v) is 11.0. The lowest BCUT2D eigenvalue weighted by Crippen LogP contribution is -2.29. The third-order valence-electron chi connectivity index (χ3n) is 5.79. The number of halogens is 1. The number of anilines is 2. The molecule has 3 aromatic rings. The monoisotopic (exact) mass is 469 g/mol. The molecule has 9 nitrogen and oxygen atoms in total. The fourth-order valence-electron chi connectivity index (χ4n) is 3.96. The van der Waals surface area contributed by atoms with E-state index in [1.54, 1.807) is 30.0 Å². The van der Waals surface area contributed by atoms with Crippen molar-refractivity contribution in [1.29, 1.82) is 0 Å². The van der Waals surface area contributed by atoms with Crippen molar-refractivity contribution < 1.29 is 9.66 Å². The number of non-ortho nitro benzene ring substituents is 1. The van der Waals surface area contributed by atoms with Crippen LogP contribution in [0.15, 0.2) is 41.3 Å². The molecule has 4 rings (SSSR count). The number of methoxy groups -OCH3 is 1. The quantitative estimate of drug-likeness (QED) is 0.373. The van der Waals surface area contributed by atoms with Gasteiger partial charge in [0.15, 0.2) is 5.82 Å². The SMILES string of the molecule is COc1nc(C)c(Nc2nc(Cl)cn([C@@H](Cc3cccc([N+](=O)[O-])c3)C3CC3)c2=O)cc1C. The lowest BCUT2D eigenvalue weighted by molar-refractivity contribution is -0.384. The Morgan fingerprint density at radius 2 is 2.06 bits per heavy atom. The smallest absolute Gasteiger partial charge is 0.294 e. The predicted octanol–water partition coefficient (Wildman–Crippen LogP) is 4.76. The second-order valence-electron chi connectivity index (χ2n) is 8.23. The summed E-state index contributed by atoms with van der Waals surface area (Å²) < 4.78 is 6.86. The largest absolute Gasteiger partial charge is 0.481 e. The lowest BCUT2D eigenvalue weighted by Gasteiger charge is -2.21. The van der Waals surface area contributed by atoms with Gasteiger partial charge in [-0.05, 0) is 50.7 Å². The summed E-state index contributed by atoms with van der Waals surface area (Å²) in [6.07, 6.45) is 3.99. The van der Waals surface area contributed by atoms with E-state index in [4.69, 9.17) is 16.3 Å². The average Bonchev–Trinajstić information content (AvgIpc) is 3.62. The van der Waals surface area contributed by atoms with Gasteiger partial charge < -0.3 is 14.6 Å². The fraction of sp³-hybridized carbons (Fsp3) is 0.348. The summed E-state index contributed by atoms with van der Waals surface area (Å²) in [5, 5.41) is 14.4. The van der Waals surface area contributed by atoms with Crippen molar-refractivity contribution >= 4 is 28.8 Å². The fourth-order valence-corrected chi connectivity index (χ4v) is 4.15. The minimum absolute atomic E-state index is 0.0300. The minimum atomic E-state index is -0.416. The van der Waals surface area contributed by atoms with Crippen molar-refractivity contribution in [1.82, 2.24) is 14.5 Å². The molecule has 1 fully saturated rings. The molecule has 1 aliphatic rings. The molecule has 10 heteroatoms. The van der Waals surface area contributed by atoms with Crippen molar-refractivity contribution in [2.75, 3.05) is 12.4 Å². The third-order valence-corrected chi connectivity index (χ3v) is 5.98. The number of pyridine rings is 1. The molecule has 33 heavy (non-hydrogen) atoms. The van der Waals surface area contributed by atoms with E-state index in [1.807, 2.05) is 26.0 Å². The topological polar surface area (TPSA) is 112 Å². The zero-order valence-electron chi connectivity index (χ0n) is 18.5. The Labute approximate surface area is 195 Å². The van der Waals surface area contributed by atoms with Crippen LogP contribution in [0.1, 0.15) is 35.7 Å². The molecule has 172 valence electrons. The molecule has 2 aromatic heterocycles. The first kappa shape index (κ1) is 22.7. The maximum atomic E-state index is 13.4. The Bertz CT molecular complexity index is 1270. The first-order chi connectivity index (χ1) is 15.8. The van der Waals surface area contributed by atoms with Gasteiger partial charge in [-0.3, -0.25) is 14.9 Å². The van der Waals surface area contributed by atoms with Gasteiger partial charge in [-0.25, -0.2) is 9.97 Å². The molecule has 0 unspecified atom stereocenters. The molecule has 0 bridgehead atoms. The van der Waals surface area contributed by atoms with Crippen molar-refractivity contribution in [3.8, 4) is 5.88 Å². The van der Waals surface area contributed by atoms with Crippen LogP contribution in [-0.4, -0.2) is 26.6 Å². The van der Waals surface area contributed by atoms with Crippen LogP contribution in [0.5, 0.6) is 5.88 Å². The highest BCUT2D eigenvalue weighted by Gasteiger charge is 2.34. The Hall–Kier alpha value is -3.46. The zero-order valence-corrected chi connectivity index (χ0v) is 19.3. The van der Waals surface area contributed by atoms with Crippen LogP contribution in [0.4, 0.5) is 17.2 Å².